The van der Waals surface area contributed by atoms with Crippen LogP contribution >= 0.6 is 23.5 Å². The maximum absolute atomic E-state index is 11.1. The van der Waals surface area contributed by atoms with Gasteiger partial charge in [0.2, 0.25) is 0 Å². The SMILES string of the molecule is CCCCCCC(CCC(CCCCCCCC(=O)OC)SCC)SCC. The molecule has 0 aliphatic heterocycles. The summed E-state index contributed by atoms with van der Waals surface area (Å²) in [6.45, 7) is 6.90. The number of esters is 1. The van der Waals surface area contributed by atoms with Crippen LogP contribution in [0.25, 0.3) is 0 Å². The molecule has 0 N–H and O–H groups in total. The molecule has 2 atom stereocenters. The number of carbonyl (C=O) groups is 1. The van der Waals surface area contributed by atoms with Crippen molar-refractivity contribution in [3.8, 4) is 0 Å². The van der Waals surface area contributed by atoms with Crippen molar-refractivity contribution < 1.29 is 9.53 Å². The zero-order valence-corrected chi connectivity index (χ0v) is 20.2. The van der Waals surface area contributed by atoms with E-state index in [1.165, 1.54) is 89.2 Å². The lowest BCUT2D eigenvalue weighted by molar-refractivity contribution is -0.140. The first-order valence-corrected chi connectivity index (χ1v) is 13.6. The minimum atomic E-state index is -0.0661. The molecule has 0 amide bonds. The Morgan fingerprint density at radius 1 is 0.704 bits per heavy atom. The predicted octanol–water partition coefficient (Wildman–Crippen LogP) is 7.88. The third kappa shape index (κ3) is 18.0. The van der Waals surface area contributed by atoms with E-state index in [0.717, 1.165) is 23.3 Å². The molecule has 27 heavy (non-hydrogen) atoms. The molecule has 162 valence electrons. The van der Waals surface area contributed by atoms with Crippen molar-refractivity contribution in [2.45, 2.75) is 121 Å². The van der Waals surface area contributed by atoms with Crippen LogP contribution in [0, 0.1) is 0 Å². The largest absolute Gasteiger partial charge is 0.469 e. The minimum absolute atomic E-state index is 0.0661. The Labute approximate surface area is 178 Å². The molecule has 0 radical (unpaired) electrons. The van der Waals surface area contributed by atoms with Crippen LogP contribution in [0.4, 0.5) is 0 Å². The van der Waals surface area contributed by atoms with Crippen molar-refractivity contribution in [1.82, 2.24) is 0 Å². The molecule has 0 aliphatic rings. The molecule has 2 unspecified atom stereocenters. The Bertz CT molecular complexity index is 324. The molecule has 0 spiro atoms. The second kappa shape index (κ2) is 20.9. The highest BCUT2D eigenvalue weighted by molar-refractivity contribution is 8.00. The number of carbonyl (C=O) groups excluding carboxylic acids is 1. The smallest absolute Gasteiger partial charge is 0.305 e. The van der Waals surface area contributed by atoms with Crippen molar-refractivity contribution in [3.05, 3.63) is 0 Å². The van der Waals surface area contributed by atoms with E-state index in [9.17, 15) is 4.79 Å². The lowest BCUT2D eigenvalue weighted by Crippen LogP contribution is -2.10. The van der Waals surface area contributed by atoms with Gasteiger partial charge in [-0.05, 0) is 43.6 Å². The van der Waals surface area contributed by atoms with Crippen molar-refractivity contribution in [3.63, 3.8) is 0 Å². The third-order valence-corrected chi connectivity index (χ3v) is 7.68. The van der Waals surface area contributed by atoms with Gasteiger partial charge in [0.25, 0.3) is 0 Å². The number of hydrogen-bond acceptors (Lipinski definition) is 4. The number of hydrogen-bond donors (Lipinski definition) is 0. The molecule has 0 aliphatic carbocycles. The van der Waals surface area contributed by atoms with E-state index >= 15 is 0 Å². The van der Waals surface area contributed by atoms with Crippen LogP contribution in [-0.4, -0.2) is 35.1 Å². The Balaban J connectivity index is 3.92. The average molecular weight is 419 g/mol. The number of rotatable bonds is 20. The lowest BCUT2D eigenvalue weighted by Gasteiger charge is -2.20. The van der Waals surface area contributed by atoms with Crippen molar-refractivity contribution in [2.75, 3.05) is 18.6 Å². The Hall–Kier alpha value is 0.170. The number of ether oxygens (including phenoxy) is 1. The zero-order valence-electron chi connectivity index (χ0n) is 18.6. The van der Waals surface area contributed by atoms with Gasteiger partial charge >= 0.3 is 5.97 Å². The van der Waals surface area contributed by atoms with Gasteiger partial charge < -0.3 is 4.74 Å². The van der Waals surface area contributed by atoms with E-state index < -0.39 is 0 Å². The summed E-state index contributed by atoms with van der Waals surface area (Å²) in [6.07, 6.45) is 17.8. The van der Waals surface area contributed by atoms with Crippen LogP contribution < -0.4 is 0 Å². The van der Waals surface area contributed by atoms with E-state index in [4.69, 9.17) is 4.74 Å². The Morgan fingerprint density at radius 3 is 1.67 bits per heavy atom. The van der Waals surface area contributed by atoms with Gasteiger partial charge in [-0.3, -0.25) is 4.79 Å². The summed E-state index contributed by atoms with van der Waals surface area (Å²) < 4.78 is 4.69. The topological polar surface area (TPSA) is 26.3 Å². The summed E-state index contributed by atoms with van der Waals surface area (Å²) in [7, 11) is 1.47. The van der Waals surface area contributed by atoms with Gasteiger partial charge in [-0.1, -0.05) is 72.1 Å². The summed E-state index contributed by atoms with van der Waals surface area (Å²) in [4.78, 5) is 11.1. The molecule has 0 rings (SSSR count). The first-order valence-electron chi connectivity index (χ1n) is 11.5. The van der Waals surface area contributed by atoms with Crippen LogP contribution in [0.15, 0.2) is 0 Å². The lowest BCUT2D eigenvalue weighted by atomic mass is 10.0. The number of unbranched alkanes of at least 4 members (excludes halogenated alkanes) is 7. The minimum Gasteiger partial charge on any atom is -0.469 e. The molecule has 0 aromatic carbocycles. The van der Waals surface area contributed by atoms with E-state index in [1.807, 2.05) is 0 Å². The summed E-state index contributed by atoms with van der Waals surface area (Å²) in [5.41, 5.74) is 0. The standard InChI is InChI=1S/C23H46O2S2/c1-5-8-9-13-16-21(26-6-2)19-20-22(27-7-3)17-14-11-10-12-15-18-23(24)25-4/h21-22H,5-20H2,1-4H3. The van der Waals surface area contributed by atoms with Gasteiger partial charge in [-0.25, -0.2) is 0 Å². The second-order valence-corrected chi connectivity index (χ2v) is 10.6. The fourth-order valence-corrected chi connectivity index (χ4v) is 5.75. The molecule has 0 aromatic heterocycles. The second-order valence-electron chi connectivity index (χ2n) is 7.46. The van der Waals surface area contributed by atoms with E-state index in [-0.39, 0.29) is 5.97 Å². The zero-order chi connectivity index (χ0) is 20.2. The molecule has 0 bridgehead atoms. The molecular formula is C23H46O2S2. The first-order chi connectivity index (χ1) is 13.2. The van der Waals surface area contributed by atoms with Gasteiger partial charge in [0.15, 0.2) is 0 Å². The maximum Gasteiger partial charge on any atom is 0.305 e. The van der Waals surface area contributed by atoms with Gasteiger partial charge in [-0.15, -0.1) is 0 Å². The fraction of sp³-hybridized carbons (Fsp3) is 0.957. The molecule has 4 heteroatoms. The van der Waals surface area contributed by atoms with Crippen molar-refractivity contribution in [2.24, 2.45) is 0 Å². The quantitative estimate of drug-likeness (QED) is 0.148. The Kier molecular flexibility index (Phi) is 21.0. The Morgan fingerprint density at radius 2 is 1.19 bits per heavy atom. The van der Waals surface area contributed by atoms with E-state index in [1.54, 1.807) is 0 Å². The molecule has 0 saturated heterocycles. The molecule has 0 fully saturated rings. The van der Waals surface area contributed by atoms with Gasteiger partial charge in [0, 0.05) is 16.9 Å². The van der Waals surface area contributed by atoms with Gasteiger partial charge in [0.1, 0.15) is 0 Å². The number of thioether (sulfide) groups is 2. The monoisotopic (exact) mass is 418 g/mol. The highest BCUT2D eigenvalue weighted by Crippen LogP contribution is 2.28. The van der Waals surface area contributed by atoms with Crippen LogP contribution in [0.1, 0.15) is 111 Å². The summed E-state index contributed by atoms with van der Waals surface area (Å²) >= 11 is 4.36. The van der Waals surface area contributed by atoms with E-state index in [0.29, 0.717) is 6.42 Å². The third-order valence-electron chi connectivity index (χ3n) is 5.13. The molecular weight excluding hydrogens is 372 g/mol. The highest BCUT2D eigenvalue weighted by atomic mass is 32.2. The summed E-state index contributed by atoms with van der Waals surface area (Å²) in [5, 5.41) is 1.73. The average Bonchev–Trinajstić information content (AvgIpc) is 2.67. The van der Waals surface area contributed by atoms with Crippen molar-refractivity contribution in [1.29, 1.82) is 0 Å². The maximum atomic E-state index is 11.1. The first kappa shape index (κ1) is 27.2. The summed E-state index contributed by atoms with van der Waals surface area (Å²) in [5.74, 6) is 2.44. The van der Waals surface area contributed by atoms with E-state index in [2.05, 4.69) is 44.3 Å². The molecule has 0 aromatic rings. The van der Waals surface area contributed by atoms with Crippen LogP contribution in [0.2, 0.25) is 0 Å². The molecule has 0 saturated carbocycles. The fourth-order valence-electron chi connectivity index (χ4n) is 3.54. The van der Waals surface area contributed by atoms with Crippen molar-refractivity contribution >= 4 is 29.5 Å². The van der Waals surface area contributed by atoms with Gasteiger partial charge in [-0.2, -0.15) is 23.5 Å². The normalized spacial score (nSPS) is 13.5. The highest BCUT2D eigenvalue weighted by Gasteiger charge is 2.14. The predicted molar refractivity (Wildman–Crippen MR) is 126 cm³/mol. The van der Waals surface area contributed by atoms with Crippen LogP contribution in [0.3, 0.4) is 0 Å². The van der Waals surface area contributed by atoms with Crippen LogP contribution in [0.5, 0.6) is 0 Å². The summed E-state index contributed by atoms with van der Waals surface area (Å²) in [6, 6.07) is 0. The molecule has 2 nitrogen and oxygen atoms in total. The molecule has 0 heterocycles. The van der Waals surface area contributed by atoms with Crippen LogP contribution in [-0.2, 0) is 9.53 Å². The van der Waals surface area contributed by atoms with Gasteiger partial charge in [0.05, 0.1) is 7.11 Å². The number of methoxy groups -OCH3 is 1.